The van der Waals surface area contributed by atoms with Gasteiger partial charge in [0.25, 0.3) is 0 Å². The van der Waals surface area contributed by atoms with Gasteiger partial charge in [-0.1, -0.05) is 0 Å². The summed E-state index contributed by atoms with van der Waals surface area (Å²) in [4.78, 5) is 41.9. The van der Waals surface area contributed by atoms with E-state index < -0.39 is 29.0 Å². The van der Waals surface area contributed by atoms with Gasteiger partial charge >= 0.3 is 18.0 Å². The Bertz CT molecular complexity index is 873. The van der Waals surface area contributed by atoms with Crippen molar-refractivity contribution in [3.05, 3.63) is 22.4 Å². The van der Waals surface area contributed by atoms with Crippen molar-refractivity contribution in [1.29, 1.82) is 0 Å². The smallest absolute Gasteiger partial charge is 0.410 e. The molecule has 0 spiro atoms. The van der Waals surface area contributed by atoms with Crippen molar-refractivity contribution in [3.63, 3.8) is 0 Å². The molecule has 1 amide bonds. The van der Waals surface area contributed by atoms with E-state index in [0.717, 1.165) is 0 Å². The maximum atomic E-state index is 12.4. The van der Waals surface area contributed by atoms with Crippen molar-refractivity contribution in [2.75, 3.05) is 13.2 Å². The zero-order valence-corrected chi connectivity index (χ0v) is 19.2. The number of carboxylic acid groups (broad SMARTS) is 2. The van der Waals surface area contributed by atoms with Gasteiger partial charge in [-0.15, -0.1) is 0 Å². The summed E-state index contributed by atoms with van der Waals surface area (Å²) >= 11 is 0. The largest absolute Gasteiger partial charge is 0.480 e. The minimum Gasteiger partial charge on any atom is -0.480 e. The number of carbonyl (C=O) groups excluding carboxylic acids is 1. The molecule has 1 heterocycles. The molecule has 1 aliphatic carbocycles. The van der Waals surface area contributed by atoms with E-state index in [9.17, 15) is 24.6 Å². The number of carboxylic acids is 2. The molecule has 172 valence electrons. The molecule has 1 aromatic heterocycles. The quantitative estimate of drug-likeness (QED) is 0.625. The number of rotatable bonds is 7. The summed E-state index contributed by atoms with van der Waals surface area (Å²) in [6, 6.07) is -0.0963. The SMILES string of the molecule is Cc1nc(OCCN(C(=O)OC(C)(C)C)C(C)C)c(C)c2c1CC(C(=O)O)(C(=O)O)C2. The summed E-state index contributed by atoms with van der Waals surface area (Å²) in [5, 5.41) is 19.1. The number of aromatic nitrogens is 1. The molecule has 0 saturated heterocycles. The Labute approximate surface area is 182 Å². The number of fused-ring (bicyclic) bond motifs is 1. The first kappa shape index (κ1) is 24.4. The van der Waals surface area contributed by atoms with E-state index in [1.165, 1.54) is 0 Å². The fourth-order valence-corrected chi connectivity index (χ4v) is 3.67. The number of nitrogens with zero attached hydrogens (tertiary/aromatic N) is 2. The molecule has 0 unspecified atom stereocenters. The molecule has 1 aromatic rings. The number of hydrogen-bond donors (Lipinski definition) is 2. The third kappa shape index (κ3) is 5.08. The Hall–Kier alpha value is -2.84. The van der Waals surface area contributed by atoms with Crippen molar-refractivity contribution in [2.24, 2.45) is 5.41 Å². The van der Waals surface area contributed by atoms with Crippen molar-refractivity contribution in [2.45, 2.75) is 73.0 Å². The van der Waals surface area contributed by atoms with Crippen LogP contribution in [0.25, 0.3) is 0 Å². The van der Waals surface area contributed by atoms with Crippen LogP contribution in [0, 0.1) is 19.3 Å². The van der Waals surface area contributed by atoms with Crippen LogP contribution in [-0.2, 0) is 27.2 Å². The monoisotopic (exact) mass is 436 g/mol. The predicted molar refractivity (Wildman–Crippen MR) is 112 cm³/mol. The van der Waals surface area contributed by atoms with E-state index >= 15 is 0 Å². The first-order valence-electron chi connectivity index (χ1n) is 10.3. The fraction of sp³-hybridized carbons (Fsp3) is 0.636. The summed E-state index contributed by atoms with van der Waals surface area (Å²) in [5.41, 5.74) is -0.0247. The van der Waals surface area contributed by atoms with E-state index in [4.69, 9.17) is 9.47 Å². The minimum absolute atomic E-state index is 0.0963. The van der Waals surface area contributed by atoms with Gasteiger partial charge < -0.3 is 24.6 Å². The van der Waals surface area contributed by atoms with E-state index in [1.54, 1.807) is 39.5 Å². The fourth-order valence-electron chi connectivity index (χ4n) is 3.67. The first-order valence-corrected chi connectivity index (χ1v) is 10.3. The molecule has 0 aromatic carbocycles. The normalized spacial score (nSPS) is 14.8. The molecule has 1 aliphatic rings. The van der Waals surface area contributed by atoms with Gasteiger partial charge in [0.2, 0.25) is 5.88 Å². The second kappa shape index (κ2) is 8.72. The van der Waals surface area contributed by atoms with Crippen molar-refractivity contribution >= 4 is 18.0 Å². The number of aliphatic carboxylic acids is 2. The van der Waals surface area contributed by atoms with E-state index in [2.05, 4.69) is 4.98 Å². The lowest BCUT2D eigenvalue weighted by molar-refractivity contribution is -0.163. The lowest BCUT2D eigenvalue weighted by Gasteiger charge is -2.30. The zero-order chi connectivity index (χ0) is 23.7. The van der Waals surface area contributed by atoms with Crippen LogP contribution in [0.1, 0.15) is 57.0 Å². The van der Waals surface area contributed by atoms with Crippen LogP contribution < -0.4 is 4.74 Å². The van der Waals surface area contributed by atoms with Gasteiger partial charge in [0, 0.05) is 30.1 Å². The molecule has 0 aliphatic heterocycles. The van der Waals surface area contributed by atoms with E-state index in [0.29, 0.717) is 28.3 Å². The second-order valence-electron chi connectivity index (χ2n) is 9.25. The molecule has 0 radical (unpaired) electrons. The summed E-state index contributed by atoms with van der Waals surface area (Å²) < 4.78 is 11.3. The zero-order valence-electron chi connectivity index (χ0n) is 19.2. The van der Waals surface area contributed by atoms with Crippen LogP contribution in [0.3, 0.4) is 0 Å². The minimum atomic E-state index is -1.89. The van der Waals surface area contributed by atoms with Crippen LogP contribution in [0.15, 0.2) is 0 Å². The third-order valence-corrected chi connectivity index (χ3v) is 5.44. The Balaban J connectivity index is 2.18. The van der Waals surface area contributed by atoms with Crippen LogP contribution in [0.5, 0.6) is 5.88 Å². The summed E-state index contributed by atoms with van der Waals surface area (Å²) in [6.07, 6.45) is -0.657. The lowest BCUT2D eigenvalue weighted by atomic mass is 9.84. The molecule has 31 heavy (non-hydrogen) atoms. The average Bonchev–Trinajstić information content (AvgIpc) is 3.04. The van der Waals surface area contributed by atoms with Gasteiger partial charge in [-0.3, -0.25) is 9.59 Å². The maximum absolute atomic E-state index is 12.4. The van der Waals surface area contributed by atoms with Gasteiger partial charge in [0.1, 0.15) is 12.2 Å². The van der Waals surface area contributed by atoms with Crippen molar-refractivity contribution in [1.82, 2.24) is 9.88 Å². The number of pyridine rings is 1. The Kier molecular flexibility index (Phi) is 6.87. The third-order valence-electron chi connectivity index (χ3n) is 5.44. The van der Waals surface area contributed by atoms with Crippen LogP contribution in [0.4, 0.5) is 4.79 Å². The van der Waals surface area contributed by atoms with Crippen LogP contribution >= 0.6 is 0 Å². The Morgan fingerprint density at radius 2 is 1.65 bits per heavy atom. The highest BCUT2D eigenvalue weighted by molar-refractivity contribution is 6.00. The molecule has 9 nitrogen and oxygen atoms in total. The number of carbonyl (C=O) groups is 3. The summed E-state index contributed by atoms with van der Waals surface area (Å²) in [7, 11) is 0. The van der Waals surface area contributed by atoms with E-state index in [1.807, 2.05) is 13.8 Å². The van der Waals surface area contributed by atoms with Crippen molar-refractivity contribution in [3.8, 4) is 5.88 Å². The topological polar surface area (TPSA) is 126 Å². The summed E-state index contributed by atoms with van der Waals surface area (Å²) in [6.45, 7) is 13.1. The molecular weight excluding hydrogens is 404 g/mol. The molecule has 2 rings (SSSR count). The molecule has 0 bridgehead atoms. The second-order valence-corrected chi connectivity index (χ2v) is 9.25. The van der Waals surface area contributed by atoms with Crippen molar-refractivity contribution < 1.29 is 34.1 Å². The highest BCUT2D eigenvalue weighted by Gasteiger charge is 2.52. The van der Waals surface area contributed by atoms with Crippen LogP contribution in [0.2, 0.25) is 0 Å². The highest BCUT2D eigenvalue weighted by atomic mass is 16.6. The number of aryl methyl sites for hydroxylation is 1. The summed E-state index contributed by atoms with van der Waals surface area (Å²) in [5.74, 6) is -2.40. The number of hydrogen-bond acceptors (Lipinski definition) is 6. The molecule has 2 N–H and O–H groups in total. The highest BCUT2D eigenvalue weighted by Crippen LogP contribution is 2.42. The molecule has 0 saturated carbocycles. The maximum Gasteiger partial charge on any atom is 0.410 e. The van der Waals surface area contributed by atoms with Gasteiger partial charge in [0.05, 0.1) is 6.54 Å². The van der Waals surface area contributed by atoms with E-state index in [-0.39, 0.29) is 32.0 Å². The Morgan fingerprint density at radius 1 is 1.10 bits per heavy atom. The standard InChI is InChI=1S/C22H32N2O7/c1-12(2)24(20(29)31-21(5,6)7)8-9-30-17-13(3)15-10-22(18(25)26,19(27)28)11-16(15)14(4)23-17/h12H,8-11H2,1-7H3,(H,25,26)(H,27,28). The first-order chi connectivity index (χ1) is 14.2. The lowest BCUT2D eigenvalue weighted by Crippen LogP contribution is -2.43. The molecule has 9 heteroatoms. The van der Waals surface area contributed by atoms with Gasteiger partial charge in [0.15, 0.2) is 5.41 Å². The van der Waals surface area contributed by atoms with Gasteiger partial charge in [-0.2, -0.15) is 0 Å². The Morgan fingerprint density at radius 3 is 2.13 bits per heavy atom. The number of amides is 1. The molecular formula is C22H32N2O7. The van der Waals surface area contributed by atoms with Crippen LogP contribution in [-0.4, -0.2) is 62.9 Å². The van der Waals surface area contributed by atoms with Gasteiger partial charge in [-0.05, 0) is 59.6 Å². The average molecular weight is 437 g/mol. The van der Waals surface area contributed by atoms with Gasteiger partial charge in [-0.25, -0.2) is 9.78 Å². The predicted octanol–water partition coefficient (Wildman–Crippen LogP) is 2.98. The molecule has 0 atom stereocenters. The molecule has 0 fully saturated rings. The number of ether oxygens (including phenoxy) is 2.